The molecule has 0 N–H and O–H groups in total. The van der Waals surface area contributed by atoms with E-state index in [9.17, 15) is 0 Å². The highest BCUT2D eigenvalue weighted by Crippen LogP contribution is 2.30. The molecular formula is C46H50Si2. The predicted molar refractivity (Wildman–Crippen MR) is 216 cm³/mol. The zero-order valence-corrected chi connectivity index (χ0v) is 31.8. The maximum Gasteiger partial charge on any atom is 0.138 e. The van der Waals surface area contributed by atoms with Crippen LogP contribution < -0.4 is 0 Å². The molecule has 0 aliphatic carbocycles. The minimum Gasteiger partial charge on any atom is -0.125 e. The van der Waals surface area contributed by atoms with Crippen molar-refractivity contribution in [1.29, 1.82) is 0 Å². The van der Waals surface area contributed by atoms with Gasteiger partial charge in [0.15, 0.2) is 0 Å². The SMILES string of the molecule is CC[Si](C#CC(C#CC(C#C[Si](CC)(CC)CC)=C(c1ccccc1)c1ccccc1)=C(c1ccccc1)c1ccccc1)(CC)CC. The van der Waals surface area contributed by atoms with Crippen LogP contribution in [0.3, 0.4) is 0 Å². The van der Waals surface area contributed by atoms with Gasteiger partial charge >= 0.3 is 0 Å². The van der Waals surface area contributed by atoms with Crippen molar-refractivity contribution in [3.05, 3.63) is 155 Å². The van der Waals surface area contributed by atoms with Crippen molar-refractivity contribution < 1.29 is 0 Å². The van der Waals surface area contributed by atoms with Crippen LogP contribution >= 0.6 is 0 Å². The zero-order chi connectivity index (χ0) is 34.2. The van der Waals surface area contributed by atoms with Gasteiger partial charge in [0, 0.05) is 11.1 Å². The molecule has 2 heteroatoms. The molecule has 0 nitrogen and oxygen atoms in total. The standard InChI is InChI=1S/C46H50Si2/c1-7-47(8-2,9-3)37-35-43(45(39-25-17-13-18-26-39)40-27-19-14-20-28-40)33-34-44(36-38-48(10-4,11-5)12-6)46(41-29-21-15-22-30-41)42-31-23-16-24-32-42/h13-32H,7-12H2,1-6H3. The normalized spacial score (nSPS) is 10.7. The van der Waals surface area contributed by atoms with E-state index in [0.717, 1.165) is 80.8 Å². The first-order valence-corrected chi connectivity index (χ1v) is 23.0. The lowest BCUT2D eigenvalue weighted by atomic mass is 9.91. The van der Waals surface area contributed by atoms with Crippen LogP contribution in [0, 0.1) is 34.8 Å². The second-order valence-electron chi connectivity index (χ2n) is 12.4. The summed E-state index contributed by atoms with van der Waals surface area (Å²) in [7, 11) is -3.53. The molecule has 0 fully saturated rings. The topological polar surface area (TPSA) is 0 Å². The van der Waals surface area contributed by atoms with E-state index in [-0.39, 0.29) is 0 Å². The lowest BCUT2D eigenvalue weighted by Crippen LogP contribution is -2.29. The largest absolute Gasteiger partial charge is 0.138 e. The third-order valence-electron chi connectivity index (χ3n) is 10.0. The first-order valence-electron chi connectivity index (χ1n) is 17.8. The van der Waals surface area contributed by atoms with E-state index in [4.69, 9.17) is 0 Å². The van der Waals surface area contributed by atoms with Gasteiger partial charge in [-0.15, -0.1) is 11.1 Å². The molecule has 48 heavy (non-hydrogen) atoms. The Bertz CT molecular complexity index is 1620. The molecule has 4 aromatic carbocycles. The van der Waals surface area contributed by atoms with Crippen LogP contribution in [0.25, 0.3) is 11.1 Å². The molecule has 0 unspecified atom stereocenters. The van der Waals surface area contributed by atoms with Gasteiger partial charge in [0.05, 0.1) is 11.1 Å². The average Bonchev–Trinajstić information content (AvgIpc) is 3.16. The van der Waals surface area contributed by atoms with Crippen LogP contribution in [0.15, 0.2) is 132 Å². The Labute approximate surface area is 293 Å². The van der Waals surface area contributed by atoms with Crippen molar-refractivity contribution in [3.8, 4) is 34.8 Å². The minimum atomic E-state index is -1.76. The molecule has 4 rings (SSSR count). The Hall–Kier alpha value is -4.53. The second kappa shape index (κ2) is 18.1. The summed E-state index contributed by atoms with van der Waals surface area (Å²) in [6, 6.07) is 49.3. The quantitative estimate of drug-likeness (QED) is 0.117. The Morgan fingerprint density at radius 3 is 0.792 bits per heavy atom. The van der Waals surface area contributed by atoms with Crippen LogP contribution in [0.1, 0.15) is 63.8 Å². The van der Waals surface area contributed by atoms with Gasteiger partial charge in [0.1, 0.15) is 16.1 Å². The van der Waals surface area contributed by atoms with Crippen LogP contribution in [-0.4, -0.2) is 16.1 Å². The Morgan fingerprint density at radius 1 is 0.354 bits per heavy atom. The van der Waals surface area contributed by atoms with E-state index in [0.29, 0.717) is 0 Å². The van der Waals surface area contributed by atoms with Crippen molar-refractivity contribution in [1.82, 2.24) is 0 Å². The third kappa shape index (κ3) is 9.09. The molecule has 0 atom stereocenters. The molecule has 0 bridgehead atoms. The summed E-state index contributed by atoms with van der Waals surface area (Å²) >= 11 is 0. The lowest BCUT2D eigenvalue weighted by molar-refractivity contribution is 1.20. The highest BCUT2D eigenvalue weighted by atomic mass is 28.3. The van der Waals surface area contributed by atoms with Gasteiger partial charge in [0.2, 0.25) is 0 Å². The zero-order valence-electron chi connectivity index (χ0n) is 29.8. The smallest absolute Gasteiger partial charge is 0.125 e. The number of rotatable bonds is 10. The summed E-state index contributed by atoms with van der Waals surface area (Å²) in [5, 5.41) is 0. The van der Waals surface area contributed by atoms with Gasteiger partial charge in [0.25, 0.3) is 0 Å². The second-order valence-corrected chi connectivity index (χ2v) is 22.3. The van der Waals surface area contributed by atoms with Crippen molar-refractivity contribution in [2.24, 2.45) is 0 Å². The van der Waals surface area contributed by atoms with Crippen LogP contribution in [-0.2, 0) is 0 Å². The molecule has 242 valence electrons. The molecule has 0 heterocycles. The molecule has 0 aromatic heterocycles. The Kier molecular flexibility index (Phi) is 13.7. The van der Waals surface area contributed by atoms with E-state index in [1.54, 1.807) is 0 Å². The monoisotopic (exact) mass is 658 g/mol. The van der Waals surface area contributed by atoms with Gasteiger partial charge < -0.3 is 0 Å². The van der Waals surface area contributed by atoms with Crippen LogP contribution in [0.2, 0.25) is 36.3 Å². The number of benzene rings is 4. The fourth-order valence-electron chi connectivity index (χ4n) is 6.19. The van der Waals surface area contributed by atoms with Gasteiger partial charge in [-0.05, 0) is 58.5 Å². The minimum absolute atomic E-state index is 0.865. The number of hydrogen-bond donors (Lipinski definition) is 0. The summed E-state index contributed by atoms with van der Waals surface area (Å²) < 4.78 is 0. The highest BCUT2D eigenvalue weighted by molar-refractivity contribution is 6.87. The first-order chi connectivity index (χ1) is 23.5. The number of allylic oxidation sites excluding steroid dienone is 2. The maximum atomic E-state index is 3.89. The Morgan fingerprint density at radius 2 is 0.583 bits per heavy atom. The summed E-state index contributed by atoms with van der Waals surface area (Å²) in [6.45, 7) is 13.9. The van der Waals surface area contributed by atoms with E-state index >= 15 is 0 Å². The third-order valence-corrected chi connectivity index (χ3v) is 19.5. The van der Waals surface area contributed by atoms with Gasteiger partial charge in [-0.1, -0.05) is 187 Å². The maximum absolute atomic E-state index is 3.89. The molecule has 0 aliphatic rings. The summed E-state index contributed by atoms with van der Waals surface area (Å²) in [4.78, 5) is 0. The lowest BCUT2D eigenvalue weighted by Gasteiger charge is -2.20. The van der Waals surface area contributed by atoms with Crippen molar-refractivity contribution >= 4 is 27.3 Å². The van der Waals surface area contributed by atoms with E-state index in [2.05, 4.69) is 198 Å². The van der Waals surface area contributed by atoms with E-state index < -0.39 is 16.1 Å². The molecule has 0 saturated carbocycles. The molecule has 0 spiro atoms. The van der Waals surface area contributed by atoms with Gasteiger partial charge in [-0.3, -0.25) is 0 Å². The van der Waals surface area contributed by atoms with E-state index in [1.807, 2.05) is 0 Å². The van der Waals surface area contributed by atoms with Crippen molar-refractivity contribution in [2.75, 3.05) is 0 Å². The molecule has 0 saturated heterocycles. The molecule has 0 aliphatic heterocycles. The van der Waals surface area contributed by atoms with Crippen LogP contribution in [0.5, 0.6) is 0 Å². The average molecular weight is 659 g/mol. The summed E-state index contributed by atoms with van der Waals surface area (Å²) in [5.41, 5.74) is 16.1. The summed E-state index contributed by atoms with van der Waals surface area (Å²) in [5.74, 6) is 14.9. The van der Waals surface area contributed by atoms with E-state index in [1.165, 1.54) is 0 Å². The van der Waals surface area contributed by atoms with Crippen LogP contribution in [0.4, 0.5) is 0 Å². The van der Waals surface area contributed by atoms with Gasteiger partial charge in [-0.25, -0.2) is 0 Å². The molecule has 0 radical (unpaired) electrons. The summed E-state index contributed by atoms with van der Waals surface area (Å²) in [6.07, 6.45) is 0. The molecular weight excluding hydrogens is 609 g/mol. The molecule has 0 amide bonds. The fourth-order valence-corrected chi connectivity index (χ4v) is 11.0. The predicted octanol–water partition coefficient (Wildman–Crippen LogP) is 12.1. The highest BCUT2D eigenvalue weighted by Gasteiger charge is 2.25. The first kappa shape index (κ1) is 36.3. The number of hydrogen-bond acceptors (Lipinski definition) is 0. The molecule has 4 aromatic rings. The Balaban J connectivity index is 2.16. The van der Waals surface area contributed by atoms with Crippen molar-refractivity contribution in [2.45, 2.75) is 77.8 Å². The van der Waals surface area contributed by atoms with Crippen molar-refractivity contribution in [3.63, 3.8) is 0 Å². The van der Waals surface area contributed by atoms with Gasteiger partial charge in [-0.2, -0.15) is 0 Å². The fraction of sp³-hybridized carbons (Fsp3) is 0.261.